The Bertz CT molecular complexity index is 507. The van der Waals surface area contributed by atoms with Crippen molar-refractivity contribution in [3.05, 3.63) is 41.7 Å². The molecule has 0 fully saturated rings. The molecular weight excluding hydrogens is 218 g/mol. The van der Waals surface area contributed by atoms with Gasteiger partial charge in [0.25, 0.3) is 0 Å². The molecule has 0 saturated heterocycles. The van der Waals surface area contributed by atoms with Crippen LogP contribution in [-0.2, 0) is 11.8 Å². The molecule has 1 aromatic heterocycles. The Morgan fingerprint density at radius 1 is 1.00 bits per heavy atom. The van der Waals surface area contributed by atoms with Gasteiger partial charge < -0.3 is 0 Å². The molecule has 3 rings (SSSR count). The number of rotatable bonds is 0. The average molecular weight is 243 g/mol. The van der Waals surface area contributed by atoms with Crippen LogP contribution >= 0.6 is 0 Å². The molecule has 1 heteroatoms. The summed E-state index contributed by atoms with van der Waals surface area (Å²) in [6.45, 7) is 12.6. The Kier molecular flexibility index (Phi) is 4.89. The Labute approximate surface area is 111 Å². The van der Waals surface area contributed by atoms with Crippen molar-refractivity contribution in [2.45, 2.75) is 53.4 Å². The molecule has 0 atom stereocenters. The lowest BCUT2D eigenvalue weighted by Gasteiger charge is -2.18. The van der Waals surface area contributed by atoms with Crippen molar-refractivity contribution in [1.82, 2.24) is 4.98 Å². The molecule has 0 radical (unpaired) electrons. The minimum atomic E-state index is 0.260. The minimum Gasteiger partial charge on any atom is -0.264 e. The Balaban J connectivity index is 0.000000371. The first-order valence-corrected chi connectivity index (χ1v) is 7.04. The van der Waals surface area contributed by atoms with Gasteiger partial charge in [-0.05, 0) is 28.3 Å². The molecule has 1 heterocycles. The van der Waals surface area contributed by atoms with Crippen LogP contribution in [-0.4, -0.2) is 4.98 Å². The van der Waals surface area contributed by atoms with Crippen molar-refractivity contribution in [2.75, 3.05) is 0 Å². The second-order valence-corrected chi connectivity index (χ2v) is 4.76. The van der Waals surface area contributed by atoms with Crippen LogP contribution in [0.3, 0.4) is 0 Å². The van der Waals surface area contributed by atoms with E-state index in [2.05, 4.69) is 37.0 Å². The van der Waals surface area contributed by atoms with Crippen LogP contribution in [0.5, 0.6) is 0 Å². The Morgan fingerprint density at radius 3 is 2.33 bits per heavy atom. The van der Waals surface area contributed by atoms with Crippen molar-refractivity contribution in [2.24, 2.45) is 0 Å². The lowest BCUT2D eigenvalue weighted by molar-refractivity contribution is 0.544. The van der Waals surface area contributed by atoms with E-state index in [1.54, 1.807) is 0 Å². The summed E-state index contributed by atoms with van der Waals surface area (Å²) in [7, 11) is 0. The first-order valence-electron chi connectivity index (χ1n) is 7.04. The number of pyridine rings is 1. The maximum absolute atomic E-state index is 4.31. The van der Waals surface area contributed by atoms with Crippen molar-refractivity contribution < 1.29 is 0 Å². The molecule has 0 unspecified atom stereocenters. The molecule has 0 spiro atoms. The van der Waals surface area contributed by atoms with Crippen molar-refractivity contribution in [1.29, 1.82) is 0 Å². The molecule has 1 aromatic carbocycles. The first-order chi connectivity index (χ1) is 8.68. The quantitative estimate of drug-likeness (QED) is 0.625. The van der Waals surface area contributed by atoms with Crippen molar-refractivity contribution in [3.63, 3.8) is 0 Å². The molecule has 1 aliphatic rings. The van der Waals surface area contributed by atoms with E-state index in [0.29, 0.717) is 0 Å². The van der Waals surface area contributed by atoms with Crippen LogP contribution in [0.2, 0.25) is 0 Å². The van der Waals surface area contributed by atoms with Gasteiger partial charge in [0.1, 0.15) is 0 Å². The zero-order valence-corrected chi connectivity index (χ0v) is 12.5. The molecule has 1 nitrogen and oxygen atoms in total. The summed E-state index contributed by atoms with van der Waals surface area (Å²) in [5.74, 6) is 0. The van der Waals surface area contributed by atoms with Gasteiger partial charge in [0, 0.05) is 17.8 Å². The number of hydrogen-bond donors (Lipinski definition) is 0. The molecule has 0 N–H and O–H groups in total. The minimum absolute atomic E-state index is 0.260. The zero-order chi connectivity index (χ0) is 13.8. The fourth-order valence-electron chi connectivity index (χ4n) is 2.54. The Hall–Kier alpha value is -1.37. The van der Waals surface area contributed by atoms with Crippen molar-refractivity contribution in [3.8, 4) is 0 Å². The molecule has 18 heavy (non-hydrogen) atoms. The third-order valence-corrected chi connectivity index (χ3v) is 3.23. The highest BCUT2D eigenvalue weighted by Crippen LogP contribution is 2.41. The summed E-state index contributed by atoms with van der Waals surface area (Å²) >= 11 is 0. The zero-order valence-electron chi connectivity index (χ0n) is 12.5. The van der Waals surface area contributed by atoms with Crippen LogP contribution < -0.4 is 0 Å². The maximum atomic E-state index is 4.31. The van der Waals surface area contributed by atoms with Crippen LogP contribution in [0, 0.1) is 0 Å². The van der Waals surface area contributed by atoms with Gasteiger partial charge in [-0.2, -0.15) is 0 Å². The molecule has 0 saturated carbocycles. The van der Waals surface area contributed by atoms with Gasteiger partial charge in [0.05, 0.1) is 0 Å². The van der Waals surface area contributed by atoms with Gasteiger partial charge in [-0.15, -0.1) is 0 Å². The topological polar surface area (TPSA) is 12.9 Å². The lowest BCUT2D eigenvalue weighted by Crippen LogP contribution is -2.14. The van der Waals surface area contributed by atoms with Gasteiger partial charge in [-0.3, -0.25) is 4.98 Å². The van der Waals surface area contributed by atoms with E-state index in [4.69, 9.17) is 0 Å². The van der Waals surface area contributed by atoms with Gasteiger partial charge in [-0.1, -0.05) is 59.7 Å². The van der Waals surface area contributed by atoms with Crippen LogP contribution in [0.25, 0.3) is 10.8 Å². The highest BCUT2D eigenvalue weighted by molar-refractivity contribution is 5.91. The summed E-state index contributed by atoms with van der Waals surface area (Å²) < 4.78 is 0. The fraction of sp³-hybridized carbons (Fsp3) is 0.471. The second-order valence-electron chi connectivity index (χ2n) is 4.76. The molecule has 0 aliphatic heterocycles. The summed E-state index contributed by atoms with van der Waals surface area (Å²) in [6.07, 6.45) is 5.13. The fourth-order valence-corrected chi connectivity index (χ4v) is 2.54. The van der Waals surface area contributed by atoms with Crippen LogP contribution in [0.4, 0.5) is 0 Å². The van der Waals surface area contributed by atoms with Crippen LogP contribution in [0.1, 0.15) is 52.7 Å². The van der Waals surface area contributed by atoms with E-state index < -0.39 is 0 Å². The molecule has 2 aromatic rings. The van der Waals surface area contributed by atoms with E-state index >= 15 is 0 Å². The Morgan fingerprint density at radius 2 is 1.67 bits per heavy atom. The van der Waals surface area contributed by atoms with E-state index in [0.717, 1.165) is 6.42 Å². The SMILES string of the molecule is CC.CC.CC1(C)Cc2cccc3cncc1c23. The number of nitrogens with zero attached hydrogens (tertiary/aromatic N) is 1. The monoisotopic (exact) mass is 243 g/mol. The number of benzene rings is 1. The van der Waals surface area contributed by atoms with Gasteiger partial charge >= 0.3 is 0 Å². The van der Waals surface area contributed by atoms with E-state index in [9.17, 15) is 0 Å². The second kappa shape index (κ2) is 5.99. The summed E-state index contributed by atoms with van der Waals surface area (Å²) in [5.41, 5.74) is 3.14. The summed E-state index contributed by atoms with van der Waals surface area (Å²) in [6, 6.07) is 6.52. The van der Waals surface area contributed by atoms with Gasteiger partial charge in [0.2, 0.25) is 0 Å². The third-order valence-electron chi connectivity index (χ3n) is 3.23. The smallest absolute Gasteiger partial charge is 0.0346 e. The van der Waals surface area contributed by atoms with E-state index in [1.807, 2.05) is 40.1 Å². The predicted molar refractivity (Wildman–Crippen MR) is 81.2 cm³/mol. The largest absolute Gasteiger partial charge is 0.264 e. The number of aromatic nitrogens is 1. The molecule has 0 amide bonds. The maximum Gasteiger partial charge on any atom is 0.0346 e. The first kappa shape index (κ1) is 14.7. The summed E-state index contributed by atoms with van der Waals surface area (Å²) in [5, 5.41) is 2.72. The average Bonchev–Trinajstić information content (AvgIpc) is 2.68. The molecule has 1 aliphatic carbocycles. The predicted octanol–water partition coefficient (Wildman–Crippen LogP) is 5.12. The third kappa shape index (κ3) is 2.40. The molecule has 0 bridgehead atoms. The van der Waals surface area contributed by atoms with Gasteiger partial charge in [0.15, 0.2) is 0 Å². The van der Waals surface area contributed by atoms with Crippen molar-refractivity contribution >= 4 is 10.8 Å². The van der Waals surface area contributed by atoms with Crippen LogP contribution in [0.15, 0.2) is 30.6 Å². The lowest BCUT2D eigenvalue weighted by atomic mass is 9.86. The molecule has 98 valence electrons. The van der Waals surface area contributed by atoms with E-state index in [-0.39, 0.29) is 5.41 Å². The standard InChI is InChI=1S/C13H13N.2C2H6/c1-13(2)6-9-4-3-5-10-7-14-8-11(13)12(9)10;2*1-2/h3-5,7-8H,6H2,1-2H3;2*1-2H3. The number of hydrogen-bond acceptors (Lipinski definition) is 1. The summed E-state index contributed by atoms with van der Waals surface area (Å²) in [4.78, 5) is 4.31. The molecular formula is C17H25N. The highest BCUT2D eigenvalue weighted by atomic mass is 14.6. The van der Waals surface area contributed by atoms with E-state index in [1.165, 1.54) is 21.9 Å². The van der Waals surface area contributed by atoms with Gasteiger partial charge in [-0.25, -0.2) is 0 Å². The highest BCUT2D eigenvalue weighted by Gasteiger charge is 2.30. The normalized spacial score (nSPS) is 14.3.